The van der Waals surface area contributed by atoms with Crippen LogP contribution in [-0.2, 0) is 0 Å². The maximum atomic E-state index is 9.18. The summed E-state index contributed by atoms with van der Waals surface area (Å²) in [6.07, 6.45) is 1.90. The Hall–Kier alpha value is -2.32. The highest BCUT2D eigenvalue weighted by atomic mass is 79.9. The second-order valence-corrected chi connectivity index (χ2v) is 5.06. The number of nitrogens with zero attached hydrogens (tertiary/aromatic N) is 3. The lowest BCUT2D eigenvalue weighted by Crippen LogP contribution is -1.90. The first-order valence-electron chi connectivity index (χ1n) is 5.95. The molecular formula is C15H10BrN3O. The zero-order valence-electron chi connectivity index (χ0n) is 10.7. The molecule has 0 atom stereocenters. The number of hydrogen-bond donors (Lipinski definition) is 0. The minimum Gasteiger partial charge on any atom is -0.496 e. The van der Waals surface area contributed by atoms with Gasteiger partial charge in [0, 0.05) is 11.8 Å². The summed E-state index contributed by atoms with van der Waals surface area (Å²) in [6.45, 7) is 0. The van der Waals surface area contributed by atoms with Crippen LogP contribution in [0, 0.1) is 11.3 Å². The number of benzene rings is 1. The van der Waals surface area contributed by atoms with Crippen LogP contribution in [0.15, 0.2) is 47.1 Å². The van der Waals surface area contributed by atoms with E-state index in [0.717, 1.165) is 27.1 Å². The van der Waals surface area contributed by atoms with Gasteiger partial charge in [0.25, 0.3) is 0 Å². The monoisotopic (exact) mass is 327 g/mol. The number of methoxy groups -OCH3 is 1. The SMILES string of the molecule is COc1ccc(-c2nc(C#N)c3ccccn23)cc1Br. The van der Waals surface area contributed by atoms with E-state index in [0.29, 0.717) is 5.69 Å². The number of hydrogen-bond acceptors (Lipinski definition) is 3. The molecule has 4 nitrogen and oxygen atoms in total. The quantitative estimate of drug-likeness (QED) is 0.722. The number of rotatable bonds is 2. The fourth-order valence-electron chi connectivity index (χ4n) is 2.13. The molecule has 0 saturated heterocycles. The maximum absolute atomic E-state index is 9.18. The highest BCUT2D eigenvalue weighted by molar-refractivity contribution is 9.10. The molecule has 0 unspecified atom stereocenters. The molecule has 0 N–H and O–H groups in total. The van der Waals surface area contributed by atoms with Crippen molar-refractivity contribution in [3.8, 4) is 23.2 Å². The van der Waals surface area contributed by atoms with Crippen LogP contribution < -0.4 is 4.74 Å². The Morgan fingerprint density at radius 3 is 2.85 bits per heavy atom. The first-order valence-corrected chi connectivity index (χ1v) is 6.75. The van der Waals surface area contributed by atoms with Crippen LogP contribution in [0.25, 0.3) is 16.9 Å². The average Bonchev–Trinajstić information content (AvgIpc) is 2.86. The second-order valence-electron chi connectivity index (χ2n) is 4.20. The van der Waals surface area contributed by atoms with Crippen LogP contribution in [-0.4, -0.2) is 16.5 Å². The highest BCUT2D eigenvalue weighted by Crippen LogP contribution is 2.30. The van der Waals surface area contributed by atoms with Crippen LogP contribution in [0.1, 0.15) is 5.69 Å². The third-order valence-electron chi connectivity index (χ3n) is 3.06. The van der Waals surface area contributed by atoms with Gasteiger partial charge in [-0.2, -0.15) is 5.26 Å². The molecule has 20 heavy (non-hydrogen) atoms. The van der Waals surface area contributed by atoms with Gasteiger partial charge in [-0.3, -0.25) is 4.40 Å². The molecule has 0 aliphatic carbocycles. The smallest absolute Gasteiger partial charge is 0.166 e. The Balaban J connectivity index is 2.25. The third kappa shape index (κ3) is 1.95. The van der Waals surface area contributed by atoms with E-state index >= 15 is 0 Å². The van der Waals surface area contributed by atoms with Crippen molar-refractivity contribution in [1.29, 1.82) is 5.26 Å². The van der Waals surface area contributed by atoms with Gasteiger partial charge in [-0.15, -0.1) is 0 Å². The Morgan fingerprint density at radius 1 is 1.30 bits per heavy atom. The van der Waals surface area contributed by atoms with Gasteiger partial charge in [0.2, 0.25) is 0 Å². The standard InChI is InChI=1S/C15H10BrN3O/c1-20-14-6-5-10(8-11(14)16)15-18-12(9-17)13-4-2-3-7-19(13)15/h2-8H,1H3. The van der Waals surface area contributed by atoms with E-state index in [2.05, 4.69) is 27.0 Å². The van der Waals surface area contributed by atoms with Crippen LogP contribution in [0.2, 0.25) is 0 Å². The lowest BCUT2D eigenvalue weighted by Gasteiger charge is -2.05. The predicted molar refractivity (Wildman–Crippen MR) is 79.6 cm³/mol. The lowest BCUT2D eigenvalue weighted by atomic mass is 10.2. The summed E-state index contributed by atoms with van der Waals surface area (Å²) in [6, 6.07) is 13.5. The van der Waals surface area contributed by atoms with Gasteiger partial charge < -0.3 is 4.74 Å². The first kappa shape index (κ1) is 12.7. The molecule has 0 radical (unpaired) electrons. The summed E-state index contributed by atoms with van der Waals surface area (Å²) in [5.74, 6) is 1.50. The van der Waals surface area contributed by atoms with Crippen molar-refractivity contribution in [2.45, 2.75) is 0 Å². The number of ether oxygens (including phenoxy) is 1. The Labute approximate surface area is 124 Å². The summed E-state index contributed by atoms with van der Waals surface area (Å²) >= 11 is 3.47. The normalized spacial score (nSPS) is 10.4. The summed E-state index contributed by atoms with van der Waals surface area (Å²) in [5.41, 5.74) is 2.14. The lowest BCUT2D eigenvalue weighted by molar-refractivity contribution is 0.412. The number of halogens is 1. The largest absolute Gasteiger partial charge is 0.496 e. The average molecular weight is 328 g/mol. The number of imidazole rings is 1. The summed E-state index contributed by atoms with van der Waals surface area (Å²) in [5, 5.41) is 9.18. The van der Waals surface area contributed by atoms with E-state index in [4.69, 9.17) is 4.74 Å². The second kappa shape index (κ2) is 4.99. The molecule has 2 aromatic heterocycles. The highest BCUT2D eigenvalue weighted by Gasteiger charge is 2.13. The minimum absolute atomic E-state index is 0.424. The topological polar surface area (TPSA) is 50.3 Å². The first-order chi connectivity index (χ1) is 9.74. The van der Waals surface area contributed by atoms with Gasteiger partial charge in [-0.1, -0.05) is 6.07 Å². The molecule has 2 heterocycles. The van der Waals surface area contributed by atoms with Crippen molar-refractivity contribution in [2.24, 2.45) is 0 Å². The van der Waals surface area contributed by atoms with E-state index in [1.165, 1.54) is 0 Å². The molecule has 0 aliphatic rings. The number of pyridine rings is 1. The third-order valence-corrected chi connectivity index (χ3v) is 3.68. The van der Waals surface area contributed by atoms with Crippen molar-refractivity contribution in [3.05, 3.63) is 52.8 Å². The molecule has 0 spiro atoms. The summed E-state index contributed by atoms with van der Waals surface area (Å²) in [4.78, 5) is 4.41. The molecule has 5 heteroatoms. The van der Waals surface area contributed by atoms with Gasteiger partial charge in [-0.05, 0) is 46.3 Å². The summed E-state index contributed by atoms with van der Waals surface area (Å²) < 4.78 is 7.98. The van der Waals surface area contributed by atoms with Crippen molar-refractivity contribution >= 4 is 21.4 Å². The Kier molecular flexibility index (Phi) is 3.17. The van der Waals surface area contributed by atoms with E-state index < -0.39 is 0 Å². The molecule has 3 rings (SSSR count). The Bertz CT molecular complexity index is 833. The van der Waals surface area contributed by atoms with Crippen molar-refractivity contribution in [3.63, 3.8) is 0 Å². The van der Waals surface area contributed by atoms with Gasteiger partial charge in [0.15, 0.2) is 5.69 Å². The van der Waals surface area contributed by atoms with E-state index in [1.54, 1.807) is 7.11 Å². The van der Waals surface area contributed by atoms with Crippen molar-refractivity contribution < 1.29 is 4.74 Å². The minimum atomic E-state index is 0.424. The van der Waals surface area contributed by atoms with Crippen LogP contribution in [0.5, 0.6) is 5.75 Å². The molecule has 0 saturated carbocycles. The predicted octanol–water partition coefficient (Wildman–Crippen LogP) is 3.64. The number of aromatic nitrogens is 2. The van der Waals surface area contributed by atoms with Gasteiger partial charge in [0.1, 0.15) is 17.6 Å². The summed E-state index contributed by atoms with van der Waals surface area (Å²) in [7, 11) is 1.62. The molecule has 0 fully saturated rings. The van der Waals surface area contributed by atoms with Crippen LogP contribution in [0.4, 0.5) is 0 Å². The van der Waals surface area contributed by atoms with Crippen LogP contribution >= 0.6 is 15.9 Å². The molecule has 1 aromatic carbocycles. The fraction of sp³-hybridized carbons (Fsp3) is 0.0667. The van der Waals surface area contributed by atoms with E-state index in [9.17, 15) is 5.26 Å². The number of fused-ring (bicyclic) bond motifs is 1. The van der Waals surface area contributed by atoms with Gasteiger partial charge in [0.05, 0.1) is 17.1 Å². The van der Waals surface area contributed by atoms with Crippen molar-refractivity contribution in [1.82, 2.24) is 9.38 Å². The van der Waals surface area contributed by atoms with Crippen LogP contribution in [0.3, 0.4) is 0 Å². The zero-order valence-corrected chi connectivity index (χ0v) is 12.3. The van der Waals surface area contributed by atoms with Gasteiger partial charge >= 0.3 is 0 Å². The van der Waals surface area contributed by atoms with Gasteiger partial charge in [-0.25, -0.2) is 4.98 Å². The van der Waals surface area contributed by atoms with E-state index in [-0.39, 0.29) is 0 Å². The maximum Gasteiger partial charge on any atom is 0.166 e. The molecular weight excluding hydrogens is 318 g/mol. The molecule has 3 aromatic rings. The molecule has 98 valence electrons. The van der Waals surface area contributed by atoms with Crippen molar-refractivity contribution in [2.75, 3.05) is 7.11 Å². The molecule has 0 amide bonds. The fourth-order valence-corrected chi connectivity index (χ4v) is 2.67. The zero-order chi connectivity index (χ0) is 14.1. The molecule has 0 bridgehead atoms. The number of nitriles is 1. The molecule has 0 aliphatic heterocycles. The Morgan fingerprint density at radius 2 is 2.15 bits per heavy atom. The van der Waals surface area contributed by atoms with E-state index in [1.807, 2.05) is 47.0 Å².